The first kappa shape index (κ1) is 14.9. The van der Waals surface area contributed by atoms with E-state index in [0.717, 1.165) is 53.4 Å². The summed E-state index contributed by atoms with van der Waals surface area (Å²) in [6.45, 7) is 1.42. The molecule has 6 heteroatoms. The minimum absolute atomic E-state index is 0.138. The second-order valence-electron chi connectivity index (χ2n) is 6.19. The van der Waals surface area contributed by atoms with E-state index in [1.807, 2.05) is 23.1 Å². The average molecular weight is 332 g/mol. The fraction of sp³-hybridized carbons (Fsp3) is 0.529. The van der Waals surface area contributed by atoms with Gasteiger partial charge in [-0.2, -0.15) is 0 Å². The van der Waals surface area contributed by atoms with Crippen LogP contribution in [0.1, 0.15) is 25.7 Å². The summed E-state index contributed by atoms with van der Waals surface area (Å²) in [7, 11) is 1.66. The zero-order chi connectivity index (χ0) is 15.8. The topological polar surface area (TPSA) is 51.7 Å². The SMILES string of the molecule is COc1ccc2nc(N(CC3CCCO3)C(=O)C3CC3)sc2c1. The number of thiazole rings is 1. The number of carbonyl (C=O) groups excluding carboxylic acids is 1. The summed E-state index contributed by atoms with van der Waals surface area (Å²) < 4.78 is 12.0. The first-order chi connectivity index (χ1) is 11.2. The molecular weight excluding hydrogens is 312 g/mol. The molecule has 2 fully saturated rings. The van der Waals surface area contributed by atoms with E-state index >= 15 is 0 Å². The van der Waals surface area contributed by atoms with Gasteiger partial charge in [0.15, 0.2) is 5.13 Å². The van der Waals surface area contributed by atoms with Crippen molar-refractivity contribution in [3.63, 3.8) is 0 Å². The van der Waals surface area contributed by atoms with E-state index in [2.05, 4.69) is 4.98 Å². The van der Waals surface area contributed by atoms with Crippen molar-refractivity contribution in [1.82, 2.24) is 4.98 Å². The van der Waals surface area contributed by atoms with Gasteiger partial charge in [0.1, 0.15) is 5.75 Å². The van der Waals surface area contributed by atoms with Crippen LogP contribution in [-0.4, -0.2) is 37.3 Å². The third-order valence-electron chi connectivity index (χ3n) is 4.42. The summed E-state index contributed by atoms with van der Waals surface area (Å²) in [4.78, 5) is 19.2. The van der Waals surface area contributed by atoms with Crippen molar-refractivity contribution in [3.05, 3.63) is 18.2 Å². The van der Waals surface area contributed by atoms with Gasteiger partial charge in [0, 0.05) is 12.5 Å². The molecule has 0 spiro atoms. The minimum atomic E-state index is 0.138. The number of aromatic nitrogens is 1. The molecule has 5 nitrogen and oxygen atoms in total. The zero-order valence-corrected chi connectivity index (χ0v) is 14.0. The van der Waals surface area contributed by atoms with Gasteiger partial charge in [-0.25, -0.2) is 4.98 Å². The number of hydrogen-bond donors (Lipinski definition) is 0. The molecule has 1 aromatic heterocycles. The standard InChI is InChI=1S/C17H20N2O3S/c1-21-12-6-7-14-15(9-12)23-17(18-14)19(16(20)11-4-5-11)10-13-3-2-8-22-13/h6-7,9,11,13H,2-5,8,10H2,1H3. The molecule has 1 saturated heterocycles. The maximum Gasteiger partial charge on any atom is 0.231 e. The lowest BCUT2D eigenvalue weighted by molar-refractivity contribution is -0.120. The van der Waals surface area contributed by atoms with Crippen molar-refractivity contribution in [1.29, 1.82) is 0 Å². The van der Waals surface area contributed by atoms with E-state index < -0.39 is 0 Å². The smallest absolute Gasteiger partial charge is 0.231 e. The van der Waals surface area contributed by atoms with Gasteiger partial charge in [0.05, 0.1) is 30.0 Å². The molecule has 1 atom stereocenters. The highest BCUT2D eigenvalue weighted by atomic mass is 32.1. The molecule has 122 valence electrons. The summed E-state index contributed by atoms with van der Waals surface area (Å²) in [6.07, 6.45) is 4.23. The van der Waals surface area contributed by atoms with Gasteiger partial charge in [-0.15, -0.1) is 0 Å². The number of rotatable bonds is 5. The number of anilines is 1. The highest BCUT2D eigenvalue weighted by Crippen LogP contribution is 2.37. The van der Waals surface area contributed by atoms with Gasteiger partial charge in [0.25, 0.3) is 0 Å². The molecule has 2 heterocycles. The van der Waals surface area contributed by atoms with Crippen molar-refractivity contribution in [2.45, 2.75) is 31.8 Å². The Morgan fingerprint density at radius 3 is 3.00 bits per heavy atom. The molecule has 2 aliphatic rings. The third-order valence-corrected chi connectivity index (χ3v) is 5.46. The lowest BCUT2D eigenvalue weighted by Gasteiger charge is -2.22. The van der Waals surface area contributed by atoms with Crippen LogP contribution in [0, 0.1) is 5.92 Å². The van der Waals surface area contributed by atoms with Crippen LogP contribution in [0.3, 0.4) is 0 Å². The monoisotopic (exact) mass is 332 g/mol. The molecular formula is C17H20N2O3S. The van der Waals surface area contributed by atoms with Gasteiger partial charge >= 0.3 is 0 Å². The van der Waals surface area contributed by atoms with Gasteiger partial charge in [-0.05, 0) is 43.9 Å². The molecule has 4 rings (SSSR count). The Kier molecular flexibility index (Phi) is 3.95. The van der Waals surface area contributed by atoms with Gasteiger partial charge < -0.3 is 9.47 Å². The quantitative estimate of drug-likeness (QED) is 0.843. The van der Waals surface area contributed by atoms with Crippen LogP contribution in [0.5, 0.6) is 5.75 Å². The molecule has 0 radical (unpaired) electrons. The number of ether oxygens (including phenoxy) is 2. The Labute approximate surface area is 139 Å². The summed E-state index contributed by atoms with van der Waals surface area (Å²) in [6, 6.07) is 5.82. The molecule has 1 amide bonds. The number of benzene rings is 1. The van der Waals surface area contributed by atoms with Crippen molar-refractivity contribution >= 4 is 32.6 Å². The number of carbonyl (C=O) groups is 1. The van der Waals surface area contributed by atoms with Gasteiger partial charge in [-0.1, -0.05) is 11.3 Å². The average Bonchev–Trinajstić information content (AvgIpc) is 3.13. The third kappa shape index (κ3) is 3.05. The number of hydrogen-bond acceptors (Lipinski definition) is 5. The minimum Gasteiger partial charge on any atom is -0.497 e. The number of nitrogens with zero attached hydrogens (tertiary/aromatic N) is 2. The molecule has 1 aromatic carbocycles. The molecule has 1 saturated carbocycles. The Hall–Kier alpha value is -1.66. The van der Waals surface area contributed by atoms with E-state index in [1.54, 1.807) is 18.4 Å². The summed E-state index contributed by atoms with van der Waals surface area (Å²) >= 11 is 1.55. The van der Waals surface area contributed by atoms with Crippen LogP contribution in [0.15, 0.2) is 18.2 Å². The van der Waals surface area contributed by atoms with Crippen molar-refractivity contribution in [3.8, 4) is 5.75 Å². The van der Waals surface area contributed by atoms with Gasteiger partial charge in [-0.3, -0.25) is 9.69 Å². The summed E-state index contributed by atoms with van der Waals surface area (Å²) in [5.74, 6) is 1.19. The fourth-order valence-electron chi connectivity index (χ4n) is 2.94. The van der Waals surface area contributed by atoms with Crippen LogP contribution < -0.4 is 9.64 Å². The molecule has 0 bridgehead atoms. The second-order valence-corrected chi connectivity index (χ2v) is 7.20. The van der Waals surface area contributed by atoms with E-state index in [9.17, 15) is 4.79 Å². The number of methoxy groups -OCH3 is 1. The molecule has 2 aromatic rings. The van der Waals surface area contributed by atoms with Crippen LogP contribution in [0.25, 0.3) is 10.2 Å². The lowest BCUT2D eigenvalue weighted by atomic mass is 10.2. The van der Waals surface area contributed by atoms with Gasteiger partial charge in [0.2, 0.25) is 5.91 Å². The van der Waals surface area contributed by atoms with Crippen molar-refractivity contribution < 1.29 is 14.3 Å². The van der Waals surface area contributed by atoms with E-state index in [1.165, 1.54) is 0 Å². The largest absolute Gasteiger partial charge is 0.497 e. The summed E-state index contributed by atoms with van der Waals surface area (Å²) in [5.41, 5.74) is 0.909. The predicted molar refractivity (Wildman–Crippen MR) is 90.2 cm³/mol. The molecule has 0 N–H and O–H groups in total. The van der Waals surface area contributed by atoms with Crippen molar-refractivity contribution in [2.75, 3.05) is 25.2 Å². The maximum atomic E-state index is 12.7. The van der Waals surface area contributed by atoms with Crippen LogP contribution >= 0.6 is 11.3 Å². The second kappa shape index (κ2) is 6.09. The first-order valence-corrected chi connectivity index (χ1v) is 8.94. The molecule has 23 heavy (non-hydrogen) atoms. The van der Waals surface area contributed by atoms with Crippen LogP contribution in [-0.2, 0) is 9.53 Å². The Morgan fingerprint density at radius 2 is 2.30 bits per heavy atom. The predicted octanol–water partition coefficient (Wildman–Crippen LogP) is 3.23. The first-order valence-electron chi connectivity index (χ1n) is 8.12. The molecule has 1 aliphatic carbocycles. The molecule has 1 unspecified atom stereocenters. The van der Waals surface area contributed by atoms with E-state index in [0.29, 0.717) is 6.54 Å². The normalized spacial score (nSPS) is 20.8. The van der Waals surface area contributed by atoms with Crippen molar-refractivity contribution in [2.24, 2.45) is 5.92 Å². The zero-order valence-electron chi connectivity index (χ0n) is 13.2. The van der Waals surface area contributed by atoms with E-state index in [4.69, 9.17) is 9.47 Å². The Morgan fingerprint density at radius 1 is 1.43 bits per heavy atom. The fourth-order valence-corrected chi connectivity index (χ4v) is 3.95. The molecule has 1 aliphatic heterocycles. The highest BCUT2D eigenvalue weighted by molar-refractivity contribution is 7.22. The summed E-state index contributed by atoms with van der Waals surface area (Å²) in [5, 5.41) is 0.778. The lowest BCUT2D eigenvalue weighted by Crippen LogP contribution is -2.38. The number of amides is 1. The van der Waals surface area contributed by atoms with Crippen LogP contribution in [0.2, 0.25) is 0 Å². The highest BCUT2D eigenvalue weighted by Gasteiger charge is 2.36. The number of fused-ring (bicyclic) bond motifs is 1. The maximum absolute atomic E-state index is 12.7. The Balaban J connectivity index is 1.65. The van der Waals surface area contributed by atoms with E-state index in [-0.39, 0.29) is 17.9 Å². The Bertz CT molecular complexity index is 720. The van der Waals surface area contributed by atoms with Crippen LogP contribution in [0.4, 0.5) is 5.13 Å².